The van der Waals surface area contributed by atoms with Crippen LogP contribution in [-0.4, -0.2) is 41.1 Å². The molecule has 0 saturated carbocycles. The summed E-state index contributed by atoms with van der Waals surface area (Å²) in [6.45, 7) is 1.64. The maximum Gasteiger partial charge on any atom is 0.257 e. The van der Waals surface area contributed by atoms with Crippen LogP contribution in [0.1, 0.15) is 33.6 Å². The molecule has 1 fully saturated rings. The lowest BCUT2D eigenvalue weighted by atomic mass is 10.1. The Morgan fingerprint density at radius 2 is 1.24 bits per heavy atom. The van der Waals surface area contributed by atoms with Crippen molar-refractivity contribution in [2.75, 3.05) is 33.9 Å². The zero-order valence-electron chi connectivity index (χ0n) is 20.8. The third-order valence-electron chi connectivity index (χ3n) is 6.46. The summed E-state index contributed by atoms with van der Waals surface area (Å²) in [4.78, 5) is 31.2. The van der Waals surface area contributed by atoms with Gasteiger partial charge in [0.1, 0.15) is 0 Å². The van der Waals surface area contributed by atoms with E-state index in [1.54, 1.807) is 18.3 Å². The van der Waals surface area contributed by atoms with Gasteiger partial charge in [-0.05, 0) is 97.8 Å². The van der Waals surface area contributed by atoms with Gasteiger partial charge in [-0.15, -0.1) is 0 Å². The zero-order chi connectivity index (χ0) is 26.3. The Bertz CT molecular complexity index is 1370. The molecule has 5 rings (SSSR count). The normalized spacial score (nSPS) is 13.6. The molecule has 0 unspecified atom stereocenters. The number of hydrogen-bond acceptors (Lipinski definition) is 6. The lowest BCUT2D eigenvalue weighted by Gasteiger charge is -2.31. The summed E-state index contributed by atoms with van der Waals surface area (Å²) in [7, 11) is 0. The quantitative estimate of drug-likeness (QED) is 0.271. The average Bonchev–Trinajstić information content (AvgIpc) is 2.96. The Labute approximate surface area is 221 Å². The fourth-order valence-corrected chi connectivity index (χ4v) is 4.29. The molecule has 3 aromatic carbocycles. The average molecular weight is 508 g/mol. The molecule has 0 bridgehead atoms. The molecule has 0 atom stereocenters. The molecule has 4 aromatic rings. The topological polar surface area (TPSA) is 107 Å². The predicted molar refractivity (Wildman–Crippen MR) is 150 cm³/mol. The first-order chi connectivity index (χ1) is 18.5. The molecule has 0 aliphatic carbocycles. The number of aliphatic hydroxyl groups is 1. The second kappa shape index (κ2) is 11.6. The molecule has 1 saturated heterocycles. The molecular formula is C30H29N5O3. The van der Waals surface area contributed by atoms with Crippen molar-refractivity contribution in [3.8, 4) is 0 Å². The summed E-state index contributed by atoms with van der Waals surface area (Å²) < 4.78 is 0. The van der Waals surface area contributed by atoms with Crippen LogP contribution in [0, 0.1) is 0 Å². The van der Waals surface area contributed by atoms with Gasteiger partial charge in [0.2, 0.25) is 0 Å². The van der Waals surface area contributed by atoms with E-state index in [0.29, 0.717) is 22.5 Å². The van der Waals surface area contributed by atoms with Crippen molar-refractivity contribution in [2.45, 2.75) is 18.9 Å². The molecule has 38 heavy (non-hydrogen) atoms. The molecule has 2 amide bonds. The number of aromatic nitrogens is 1. The van der Waals surface area contributed by atoms with E-state index in [1.807, 2.05) is 72.8 Å². The van der Waals surface area contributed by atoms with Crippen LogP contribution in [-0.2, 0) is 0 Å². The van der Waals surface area contributed by atoms with E-state index >= 15 is 0 Å². The van der Waals surface area contributed by atoms with Crippen LogP contribution < -0.4 is 20.9 Å². The monoisotopic (exact) mass is 507 g/mol. The second-order valence-corrected chi connectivity index (χ2v) is 9.19. The Morgan fingerprint density at radius 1 is 0.711 bits per heavy atom. The minimum absolute atomic E-state index is 0.171. The third kappa shape index (κ3) is 6.35. The number of benzene rings is 3. The Balaban J connectivity index is 1.13. The number of carbonyl (C=O) groups excluding carboxylic acids is 2. The van der Waals surface area contributed by atoms with Crippen molar-refractivity contribution in [3.63, 3.8) is 0 Å². The van der Waals surface area contributed by atoms with Gasteiger partial charge in [-0.2, -0.15) is 0 Å². The molecular weight excluding hydrogens is 478 g/mol. The highest BCUT2D eigenvalue weighted by molar-refractivity contribution is 6.05. The number of pyridine rings is 1. The minimum Gasteiger partial charge on any atom is -0.393 e. The fourth-order valence-electron chi connectivity index (χ4n) is 4.29. The van der Waals surface area contributed by atoms with Crippen molar-refractivity contribution in [2.24, 2.45) is 0 Å². The molecule has 1 aliphatic heterocycles. The lowest BCUT2D eigenvalue weighted by molar-refractivity contribution is 0.101. The summed E-state index contributed by atoms with van der Waals surface area (Å²) in [6.07, 6.45) is 4.47. The first-order valence-electron chi connectivity index (χ1n) is 12.6. The van der Waals surface area contributed by atoms with E-state index in [2.05, 4.69) is 25.8 Å². The van der Waals surface area contributed by atoms with Gasteiger partial charge >= 0.3 is 0 Å². The fraction of sp³-hybridized carbons (Fsp3) is 0.167. The minimum atomic E-state index is -0.213. The first kappa shape index (κ1) is 25.0. The van der Waals surface area contributed by atoms with Gasteiger partial charge in [-0.3, -0.25) is 14.6 Å². The number of nitrogens with one attached hydrogen (secondary N) is 3. The largest absolute Gasteiger partial charge is 0.393 e. The van der Waals surface area contributed by atoms with Crippen molar-refractivity contribution >= 4 is 40.3 Å². The van der Waals surface area contributed by atoms with Crippen LogP contribution in [0.3, 0.4) is 0 Å². The number of nitrogens with zero attached hydrogens (tertiary/aromatic N) is 2. The summed E-state index contributed by atoms with van der Waals surface area (Å²) in [5.74, 6) is -0.384. The highest BCUT2D eigenvalue weighted by Crippen LogP contribution is 2.23. The van der Waals surface area contributed by atoms with E-state index in [0.717, 1.165) is 43.0 Å². The van der Waals surface area contributed by atoms with E-state index in [1.165, 1.54) is 6.20 Å². The summed E-state index contributed by atoms with van der Waals surface area (Å²) >= 11 is 0. The van der Waals surface area contributed by atoms with Crippen LogP contribution in [0.4, 0.5) is 28.4 Å². The van der Waals surface area contributed by atoms with Crippen LogP contribution in [0.15, 0.2) is 97.3 Å². The van der Waals surface area contributed by atoms with E-state index in [4.69, 9.17) is 0 Å². The SMILES string of the molecule is O=C(Nc1ccc(Nc2ccc(NC(=O)c3cccnc3)cc2)cc1)c1ccc(N2CCC(O)CC2)cc1. The maximum absolute atomic E-state index is 12.7. The summed E-state index contributed by atoms with van der Waals surface area (Å²) in [5.41, 5.74) is 5.26. The third-order valence-corrected chi connectivity index (χ3v) is 6.46. The molecule has 8 heteroatoms. The van der Waals surface area contributed by atoms with Crippen molar-refractivity contribution in [1.82, 2.24) is 4.98 Å². The first-order valence-corrected chi connectivity index (χ1v) is 12.6. The Kier molecular flexibility index (Phi) is 7.61. The number of rotatable bonds is 7. The van der Waals surface area contributed by atoms with Gasteiger partial charge in [-0.1, -0.05) is 0 Å². The van der Waals surface area contributed by atoms with Crippen molar-refractivity contribution < 1.29 is 14.7 Å². The highest BCUT2D eigenvalue weighted by atomic mass is 16.3. The summed E-state index contributed by atoms with van der Waals surface area (Å²) in [5, 5.41) is 18.8. The Hall–Kier alpha value is -4.69. The number of aliphatic hydroxyl groups excluding tert-OH is 1. The second-order valence-electron chi connectivity index (χ2n) is 9.19. The molecule has 4 N–H and O–H groups in total. The van der Waals surface area contributed by atoms with Gasteiger partial charge in [0.25, 0.3) is 11.8 Å². The highest BCUT2D eigenvalue weighted by Gasteiger charge is 2.17. The van der Waals surface area contributed by atoms with E-state index in [-0.39, 0.29) is 17.9 Å². The zero-order valence-corrected chi connectivity index (χ0v) is 20.8. The number of anilines is 5. The van der Waals surface area contributed by atoms with Gasteiger partial charge in [-0.25, -0.2) is 0 Å². The van der Waals surface area contributed by atoms with E-state index < -0.39 is 0 Å². The Morgan fingerprint density at radius 3 is 1.76 bits per heavy atom. The van der Waals surface area contributed by atoms with Crippen molar-refractivity contribution in [3.05, 3.63) is 108 Å². The van der Waals surface area contributed by atoms with Crippen LogP contribution in [0.25, 0.3) is 0 Å². The molecule has 192 valence electrons. The predicted octanol–water partition coefficient (Wildman–Crippen LogP) is 5.29. The van der Waals surface area contributed by atoms with Crippen LogP contribution >= 0.6 is 0 Å². The smallest absolute Gasteiger partial charge is 0.257 e. The molecule has 2 heterocycles. The van der Waals surface area contributed by atoms with Gasteiger partial charge in [0.05, 0.1) is 11.7 Å². The molecule has 8 nitrogen and oxygen atoms in total. The van der Waals surface area contributed by atoms with Gasteiger partial charge in [0.15, 0.2) is 0 Å². The number of amides is 2. The van der Waals surface area contributed by atoms with Gasteiger partial charge < -0.3 is 26.0 Å². The molecule has 1 aliphatic rings. The maximum atomic E-state index is 12.7. The van der Waals surface area contributed by atoms with Crippen LogP contribution in [0.2, 0.25) is 0 Å². The molecule has 0 spiro atoms. The lowest BCUT2D eigenvalue weighted by Crippen LogP contribution is -2.35. The van der Waals surface area contributed by atoms with Crippen molar-refractivity contribution in [1.29, 1.82) is 0 Å². The number of piperidine rings is 1. The molecule has 0 radical (unpaired) electrons. The number of hydrogen-bond donors (Lipinski definition) is 4. The number of carbonyl (C=O) groups is 2. The van der Waals surface area contributed by atoms with E-state index in [9.17, 15) is 14.7 Å². The van der Waals surface area contributed by atoms with Crippen LogP contribution in [0.5, 0.6) is 0 Å². The van der Waals surface area contributed by atoms with Gasteiger partial charge in [0, 0.05) is 59.5 Å². The standard InChI is InChI=1S/C30H29N5O3/c36-28-15-18-35(19-16-28)27-13-3-21(4-14-27)29(37)33-25-9-5-23(6-10-25)32-24-7-11-26(12-8-24)34-30(38)22-2-1-17-31-20-22/h1-14,17,20,28,32,36H,15-16,18-19H2,(H,33,37)(H,34,38). The summed E-state index contributed by atoms with van der Waals surface area (Å²) in [6, 6.07) is 25.9. The molecule has 1 aromatic heterocycles.